The van der Waals surface area contributed by atoms with E-state index in [4.69, 9.17) is 9.31 Å². The molecule has 1 aliphatic rings. The second kappa shape index (κ2) is 4.97. The van der Waals surface area contributed by atoms with Crippen molar-refractivity contribution < 1.29 is 9.31 Å². The van der Waals surface area contributed by atoms with Crippen molar-refractivity contribution in [3.8, 4) is 5.69 Å². The molecule has 2 heterocycles. The molecule has 0 bridgehead atoms. The number of hydrogen-bond donors (Lipinski definition) is 0. The smallest absolute Gasteiger partial charge is 0.399 e. The standard InChI is InChI=1S/C15H18BBrN2O2/c1-14(2)15(3,4)21-16(20-14)12-7-6-11(17)10-13(12)19-9-5-8-18-19/h5-10H,1-4H3. The summed E-state index contributed by atoms with van der Waals surface area (Å²) in [5.74, 6) is 0. The lowest BCUT2D eigenvalue weighted by Gasteiger charge is -2.32. The lowest BCUT2D eigenvalue weighted by Crippen LogP contribution is -2.41. The van der Waals surface area contributed by atoms with Gasteiger partial charge in [-0.2, -0.15) is 5.10 Å². The highest BCUT2D eigenvalue weighted by Gasteiger charge is 2.52. The van der Waals surface area contributed by atoms with Crippen LogP contribution in [0.15, 0.2) is 41.1 Å². The van der Waals surface area contributed by atoms with Crippen molar-refractivity contribution in [2.75, 3.05) is 0 Å². The molecule has 0 unspecified atom stereocenters. The molecule has 0 amide bonds. The predicted molar refractivity (Wildman–Crippen MR) is 87.0 cm³/mol. The fourth-order valence-electron chi connectivity index (χ4n) is 2.30. The third-order valence-electron chi connectivity index (χ3n) is 4.25. The molecule has 1 fully saturated rings. The topological polar surface area (TPSA) is 36.3 Å². The van der Waals surface area contributed by atoms with E-state index in [1.165, 1.54) is 0 Å². The highest BCUT2D eigenvalue weighted by Crippen LogP contribution is 2.37. The van der Waals surface area contributed by atoms with E-state index in [1.807, 2.05) is 35.1 Å². The SMILES string of the molecule is CC1(C)OB(c2ccc(Br)cc2-n2cccn2)OC1(C)C. The summed E-state index contributed by atoms with van der Waals surface area (Å²) in [7, 11) is -0.401. The zero-order chi connectivity index (χ0) is 15.3. The van der Waals surface area contributed by atoms with Crippen LogP contribution in [0.4, 0.5) is 0 Å². The van der Waals surface area contributed by atoms with E-state index in [9.17, 15) is 0 Å². The van der Waals surface area contributed by atoms with E-state index < -0.39 is 7.12 Å². The van der Waals surface area contributed by atoms with E-state index in [-0.39, 0.29) is 11.2 Å². The van der Waals surface area contributed by atoms with Crippen LogP contribution in [0.2, 0.25) is 0 Å². The molecule has 1 saturated heterocycles. The molecule has 0 atom stereocenters. The molecule has 0 spiro atoms. The Labute approximate surface area is 133 Å². The van der Waals surface area contributed by atoms with Crippen LogP contribution in [0.25, 0.3) is 5.69 Å². The zero-order valence-electron chi connectivity index (χ0n) is 12.6. The molecule has 0 radical (unpaired) electrons. The molecule has 1 aromatic carbocycles. The molecule has 0 N–H and O–H groups in total. The maximum Gasteiger partial charge on any atom is 0.497 e. The van der Waals surface area contributed by atoms with Crippen molar-refractivity contribution >= 4 is 28.5 Å². The average Bonchev–Trinajstić information content (AvgIpc) is 2.96. The van der Waals surface area contributed by atoms with Gasteiger partial charge in [-0.25, -0.2) is 4.68 Å². The third kappa shape index (κ3) is 2.56. The fraction of sp³-hybridized carbons (Fsp3) is 0.400. The first kappa shape index (κ1) is 14.8. The van der Waals surface area contributed by atoms with Gasteiger partial charge in [0.15, 0.2) is 0 Å². The molecule has 0 saturated carbocycles. The van der Waals surface area contributed by atoms with Gasteiger partial charge in [0.05, 0.1) is 16.9 Å². The van der Waals surface area contributed by atoms with Crippen LogP contribution in [0.3, 0.4) is 0 Å². The Morgan fingerprint density at radius 1 is 1.14 bits per heavy atom. The molecule has 6 heteroatoms. The van der Waals surface area contributed by atoms with Crippen molar-refractivity contribution in [2.45, 2.75) is 38.9 Å². The number of halogens is 1. The molecular formula is C15H18BBrN2O2. The van der Waals surface area contributed by atoms with Gasteiger partial charge in [-0.05, 0) is 45.9 Å². The predicted octanol–water partition coefficient (Wildman–Crippen LogP) is 2.93. The fourth-order valence-corrected chi connectivity index (χ4v) is 2.64. The van der Waals surface area contributed by atoms with Gasteiger partial charge in [-0.3, -0.25) is 0 Å². The Balaban J connectivity index is 2.05. The van der Waals surface area contributed by atoms with Gasteiger partial charge in [0.25, 0.3) is 0 Å². The molecule has 4 nitrogen and oxygen atoms in total. The molecule has 2 aromatic rings. The Hall–Kier alpha value is -1.11. The molecule has 3 rings (SSSR count). The minimum Gasteiger partial charge on any atom is -0.399 e. The van der Waals surface area contributed by atoms with Gasteiger partial charge >= 0.3 is 7.12 Å². The highest BCUT2D eigenvalue weighted by molar-refractivity contribution is 9.10. The zero-order valence-corrected chi connectivity index (χ0v) is 14.2. The number of aromatic nitrogens is 2. The lowest BCUT2D eigenvalue weighted by molar-refractivity contribution is 0.00578. The molecular weight excluding hydrogens is 331 g/mol. The molecule has 1 aliphatic heterocycles. The van der Waals surface area contributed by atoms with Crippen LogP contribution in [0.5, 0.6) is 0 Å². The lowest BCUT2D eigenvalue weighted by atomic mass is 9.78. The van der Waals surface area contributed by atoms with Crippen molar-refractivity contribution in [1.82, 2.24) is 9.78 Å². The largest absolute Gasteiger partial charge is 0.497 e. The van der Waals surface area contributed by atoms with Gasteiger partial charge in [0.2, 0.25) is 0 Å². The van der Waals surface area contributed by atoms with E-state index in [2.05, 4.69) is 48.7 Å². The number of nitrogens with zero attached hydrogens (tertiary/aromatic N) is 2. The molecule has 1 aromatic heterocycles. The van der Waals surface area contributed by atoms with Gasteiger partial charge < -0.3 is 9.31 Å². The van der Waals surface area contributed by atoms with E-state index in [0.29, 0.717) is 0 Å². The monoisotopic (exact) mass is 348 g/mol. The quantitative estimate of drug-likeness (QED) is 0.783. The van der Waals surface area contributed by atoms with Crippen LogP contribution in [0.1, 0.15) is 27.7 Å². The van der Waals surface area contributed by atoms with E-state index in [1.54, 1.807) is 6.20 Å². The van der Waals surface area contributed by atoms with Crippen molar-refractivity contribution in [2.24, 2.45) is 0 Å². The second-order valence-corrected chi connectivity index (χ2v) is 7.16. The molecule has 21 heavy (non-hydrogen) atoms. The first-order valence-electron chi connectivity index (χ1n) is 6.95. The summed E-state index contributed by atoms with van der Waals surface area (Å²) in [6.45, 7) is 8.22. The van der Waals surface area contributed by atoms with Crippen molar-refractivity contribution in [3.05, 3.63) is 41.1 Å². The summed E-state index contributed by atoms with van der Waals surface area (Å²) in [4.78, 5) is 0. The van der Waals surface area contributed by atoms with Crippen LogP contribution in [0, 0.1) is 0 Å². The second-order valence-electron chi connectivity index (χ2n) is 6.24. The van der Waals surface area contributed by atoms with Gasteiger partial charge in [0.1, 0.15) is 0 Å². The highest BCUT2D eigenvalue weighted by atomic mass is 79.9. The maximum atomic E-state index is 6.15. The van der Waals surface area contributed by atoms with E-state index in [0.717, 1.165) is 15.6 Å². The van der Waals surface area contributed by atoms with Crippen molar-refractivity contribution in [1.29, 1.82) is 0 Å². The van der Waals surface area contributed by atoms with Gasteiger partial charge in [-0.15, -0.1) is 0 Å². The summed E-state index contributed by atoms with van der Waals surface area (Å²) in [5.41, 5.74) is 1.21. The van der Waals surface area contributed by atoms with Crippen molar-refractivity contribution in [3.63, 3.8) is 0 Å². The van der Waals surface area contributed by atoms with Crippen LogP contribution in [-0.2, 0) is 9.31 Å². The third-order valence-corrected chi connectivity index (χ3v) is 4.74. The molecule has 110 valence electrons. The summed E-state index contributed by atoms with van der Waals surface area (Å²) in [6.07, 6.45) is 3.67. The van der Waals surface area contributed by atoms with Crippen LogP contribution >= 0.6 is 15.9 Å². The normalized spacial score (nSPS) is 20.0. The Morgan fingerprint density at radius 2 is 1.81 bits per heavy atom. The number of benzene rings is 1. The van der Waals surface area contributed by atoms with Crippen LogP contribution < -0.4 is 5.46 Å². The average molecular weight is 349 g/mol. The summed E-state index contributed by atoms with van der Waals surface area (Å²) >= 11 is 3.51. The van der Waals surface area contributed by atoms with Gasteiger partial charge in [0, 0.05) is 22.3 Å². The number of hydrogen-bond acceptors (Lipinski definition) is 3. The summed E-state index contributed by atoms with van der Waals surface area (Å²) in [5, 5.41) is 4.32. The first-order valence-corrected chi connectivity index (χ1v) is 7.75. The minimum absolute atomic E-state index is 0.355. The van der Waals surface area contributed by atoms with E-state index >= 15 is 0 Å². The number of rotatable bonds is 2. The Kier molecular flexibility index (Phi) is 3.51. The Bertz CT molecular complexity index is 640. The minimum atomic E-state index is -0.401. The maximum absolute atomic E-state index is 6.15. The summed E-state index contributed by atoms with van der Waals surface area (Å²) in [6, 6.07) is 7.93. The first-order chi connectivity index (χ1) is 9.80. The Morgan fingerprint density at radius 3 is 2.38 bits per heavy atom. The van der Waals surface area contributed by atoms with Gasteiger partial charge in [-0.1, -0.05) is 22.0 Å². The van der Waals surface area contributed by atoms with Crippen LogP contribution in [-0.4, -0.2) is 28.1 Å². The molecule has 0 aliphatic carbocycles. The summed E-state index contributed by atoms with van der Waals surface area (Å²) < 4.78 is 15.1.